The van der Waals surface area contributed by atoms with Gasteiger partial charge in [0.15, 0.2) is 0 Å². The number of amides is 1. The first-order valence-corrected chi connectivity index (χ1v) is 7.66. The van der Waals surface area contributed by atoms with Crippen molar-refractivity contribution in [3.63, 3.8) is 0 Å². The maximum absolute atomic E-state index is 12.7. The summed E-state index contributed by atoms with van der Waals surface area (Å²) in [6.07, 6.45) is 4.20. The Morgan fingerprint density at radius 2 is 1.91 bits per heavy atom. The van der Waals surface area contributed by atoms with E-state index < -0.39 is 0 Å². The highest BCUT2D eigenvalue weighted by Crippen LogP contribution is 2.16. The monoisotopic (exact) mass is 312 g/mol. The molecule has 2 aromatic rings. The highest BCUT2D eigenvalue weighted by molar-refractivity contribution is 5.92. The maximum Gasteiger partial charge on any atom is 0.272 e. The van der Waals surface area contributed by atoms with Crippen molar-refractivity contribution in [2.75, 3.05) is 39.0 Å². The molecule has 1 fully saturated rings. The Morgan fingerprint density at radius 1 is 1.13 bits per heavy atom. The topological polar surface area (TPSA) is 88.2 Å². The van der Waals surface area contributed by atoms with Crippen molar-refractivity contribution in [3.8, 4) is 11.3 Å². The zero-order chi connectivity index (χ0) is 16.2. The van der Waals surface area contributed by atoms with Crippen LogP contribution in [-0.2, 0) is 0 Å². The zero-order valence-corrected chi connectivity index (χ0v) is 13.1. The number of aromatic nitrogens is 3. The highest BCUT2D eigenvalue weighted by Gasteiger charge is 2.20. The molecule has 23 heavy (non-hydrogen) atoms. The van der Waals surface area contributed by atoms with E-state index in [0.29, 0.717) is 11.4 Å². The van der Waals surface area contributed by atoms with Crippen LogP contribution in [0.15, 0.2) is 30.6 Å². The number of nitrogens with two attached hydrogens (primary N) is 1. The minimum atomic E-state index is -0.0292. The molecule has 1 aliphatic rings. The van der Waals surface area contributed by atoms with Gasteiger partial charge in [0.25, 0.3) is 5.91 Å². The van der Waals surface area contributed by atoms with Crippen LogP contribution in [0.2, 0.25) is 0 Å². The second kappa shape index (κ2) is 6.70. The number of carbonyl (C=O) groups is 1. The van der Waals surface area contributed by atoms with Crippen molar-refractivity contribution >= 4 is 11.9 Å². The van der Waals surface area contributed by atoms with E-state index in [1.165, 1.54) is 0 Å². The lowest BCUT2D eigenvalue weighted by atomic mass is 10.2. The van der Waals surface area contributed by atoms with E-state index in [-0.39, 0.29) is 11.9 Å². The minimum absolute atomic E-state index is 0.0292. The molecule has 0 unspecified atom stereocenters. The Bertz CT molecular complexity index is 687. The fourth-order valence-corrected chi connectivity index (χ4v) is 2.60. The molecular weight excluding hydrogens is 292 g/mol. The van der Waals surface area contributed by atoms with Gasteiger partial charge >= 0.3 is 0 Å². The number of pyridine rings is 1. The third-order valence-corrected chi connectivity index (χ3v) is 3.94. The molecule has 2 aromatic heterocycles. The number of anilines is 1. The van der Waals surface area contributed by atoms with Gasteiger partial charge in [0, 0.05) is 37.6 Å². The van der Waals surface area contributed by atoms with Crippen molar-refractivity contribution in [2.24, 2.45) is 0 Å². The van der Waals surface area contributed by atoms with Crippen LogP contribution in [0.25, 0.3) is 11.3 Å². The third kappa shape index (κ3) is 3.62. The van der Waals surface area contributed by atoms with Crippen molar-refractivity contribution in [3.05, 3.63) is 36.3 Å². The Morgan fingerprint density at radius 3 is 2.70 bits per heavy atom. The lowest BCUT2D eigenvalue weighted by Gasteiger charge is -2.20. The van der Waals surface area contributed by atoms with E-state index in [1.807, 2.05) is 17.0 Å². The summed E-state index contributed by atoms with van der Waals surface area (Å²) >= 11 is 0. The van der Waals surface area contributed by atoms with Gasteiger partial charge in [0.05, 0.1) is 5.69 Å². The summed E-state index contributed by atoms with van der Waals surface area (Å²) in [5, 5.41) is 0. The maximum atomic E-state index is 12.7. The van der Waals surface area contributed by atoms with E-state index in [2.05, 4.69) is 26.9 Å². The van der Waals surface area contributed by atoms with Crippen molar-refractivity contribution in [1.82, 2.24) is 24.8 Å². The van der Waals surface area contributed by atoms with Crippen LogP contribution in [-0.4, -0.2) is 63.9 Å². The van der Waals surface area contributed by atoms with Crippen LogP contribution < -0.4 is 5.73 Å². The van der Waals surface area contributed by atoms with Gasteiger partial charge in [-0.15, -0.1) is 0 Å². The average molecular weight is 312 g/mol. The van der Waals surface area contributed by atoms with Crippen LogP contribution >= 0.6 is 0 Å². The predicted octanol–water partition coefficient (Wildman–Crippen LogP) is 0.898. The molecule has 1 aliphatic heterocycles. The second-order valence-electron chi connectivity index (χ2n) is 5.69. The van der Waals surface area contributed by atoms with Gasteiger partial charge in [-0.05, 0) is 32.1 Å². The number of hydrogen-bond acceptors (Lipinski definition) is 6. The molecule has 3 heterocycles. The van der Waals surface area contributed by atoms with Gasteiger partial charge in [-0.1, -0.05) is 6.07 Å². The summed E-state index contributed by atoms with van der Waals surface area (Å²) in [4.78, 5) is 29.2. The van der Waals surface area contributed by atoms with E-state index in [9.17, 15) is 4.79 Å². The van der Waals surface area contributed by atoms with Crippen molar-refractivity contribution < 1.29 is 4.79 Å². The molecule has 7 nitrogen and oxygen atoms in total. The number of hydrogen-bond donors (Lipinski definition) is 1. The van der Waals surface area contributed by atoms with Crippen LogP contribution in [0, 0.1) is 0 Å². The lowest BCUT2D eigenvalue weighted by Crippen LogP contribution is -2.35. The second-order valence-corrected chi connectivity index (χ2v) is 5.69. The Labute approximate surface area is 135 Å². The Kier molecular flexibility index (Phi) is 4.47. The van der Waals surface area contributed by atoms with E-state index in [0.717, 1.165) is 38.2 Å². The predicted molar refractivity (Wildman–Crippen MR) is 87.7 cm³/mol. The highest BCUT2D eigenvalue weighted by atomic mass is 16.2. The van der Waals surface area contributed by atoms with Gasteiger partial charge < -0.3 is 15.5 Å². The molecule has 0 atom stereocenters. The fraction of sp³-hybridized carbons (Fsp3) is 0.375. The first-order chi connectivity index (χ1) is 11.1. The molecule has 0 aliphatic carbocycles. The van der Waals surface area contributed by atoms with Gasteiger partial charge in [-0.2, -0.15) is 0 Å². The number of nitrogens with zero attached hydrogens (tertiary/aromatic N) is 5. The average Bonchev–Trinajstić information content (AvgIpc) is 2.79. The van der Waals surface area contributed by atoms with Gasteiger partial charge in [-0.3, -0.25) is 4.79 Å². The number of nitrogen functional groups attached to an aromatic ring is 1. The molecular formula is C16H20N6O. The van der Waals surface area contributed by atoms with Gasteiger partial charge in [0.1, 0.15) is 5.69 Å². The normalized spacial score (nSPS) is 16.1. The number of likely N-dealkylation sites (N-methyl/N-ethyl adjacent to an activating group) is 1. The van der Waals surface area contributed by atoms with Crippen LogP contribution in [0.4, 0.5) is 5.95 Å². The molecule has 0 spiro atoms. The summed E-state index contributed by atoms with van der Waals surface area (Å²) < 4.78 is 0. The third-order valence-electron chi connectivity index (χ3n) is 3.94. The van der Waals surface area contributed by atoms with Crippen LogP contribution in [0.3, 0.4) is 0 Å². The van der Waals surface area contributed by atoms with E-state index in [4.69, 9.17) is 5.73 Å². The van der Waals surface area contributed by atoms with Crippen LogP contribution in [0.5, 0.6) is 0 Å². The molecule has 1 saturated heterocycles. The largest absolute Gasteiger partial charge is 0.368 e. The SMILES string of the molecule is CN1CCCN(C(=O)c2cccc(-c3cnc(N)nc3)n2)CC1. The smallest absolute Gasteiger partial charge is 0.272 e. The van der Waals surface area contributed by atoms with E-state index >= 15 is 0 Å². The standard InChI is InChI=1S/C16H20N6O/c1-21-6-3-7-22(9-8-21)15(23)14-5-2-4-13(20-14)12-10-18-16(17)19-11-12/h2,4-5,10-11H,3,6-9H2,1H3,(H2,17,18,19). The Balaban J connectivity index is 1.81. The summed E-state index contributed by atoms with van der Waals surface area (Å²) in [5.74, 6) is 0.188. The van der Waals surface area contributed by atoms with Crippen LogP contribution in [0.1, 0.15) is 16.9 Å². The Hall–Kier alpha value is -2.54. The molecule has 3 rings (SSSR count). The summed E-state index contributed by atoms with van der Waals surface area (Å²) in [6.45, 7) is 3.39. The fourth-order valence-electron chi connectivity index (χ4n) is 2.60. The van der Waals surface area contributed by atoms with E-state index in [1.54, 1.807) is 18.5 Å². The molecule has 1 amide bonds. The first-order valence-electron chi connectivity index (χ1n) is 7.66. The molecule has 120 valence electrons. The zero-order valence-electron chi connectivity index (χ0n) is 13.1. The molecule has 2 N–H and O–H groups in total. The summed E-state index contributed by atoms with van der Waals surface area (Å²) in [6, 6.07) is 5.41. The van der Waals surface area contributed by atoms with Crippen molar-refractivity contribution in [1.29, 1.82) is 0 Å². The molecule has 0 bridgehead atoms. The molecule has 7 heteroatoms. The van der Waals surface area contributed by atoms with Crippen molar-refractivity contribution in [2.45, 2.75) is 6.42 Å². The summed E-state index contributed by atoms with van der Waals surface area (Å²) in [7, 11) is 2.08. The first kappa shape index (κ1) is 15.4. The minimum Gasteiger partial charge on any atom is -0.368 e. The quantitative estimate of drug-likeness (QED) is 0.886. The molecule has 0 radical (unpaired) electrons. The lowest BCUT2D eigenvalue weighted by molar-refractivity contribution is 0.0757. The summed E-state index contributed by atoms with van der Waals surface area (Å²) in [5.41, 5.74) is 7.36. The molecule has 0 aromatic carbocycles. The van der Waals surface area contributed by atoms with Gasteiger partial charge in [0.2, 0.25) is 5.95 Å². The van der Waals surface area contributed by atoms with Gasteiger partial charge in [-0.25, -0.2) is 15.0 Å². The molecule has 0 saturated carbocycles. The number of carbonyl (C=O) groups excluding carboxylic acids is 1. The number of rotatable bonds is 2.